The summed E-state index contributed by atoms with van der Waals surface area (Å²) in [7, 11) is -3.31. The molecular weight excluding hydrogens is 240 g/mol. The fourth-order valence-electron chi connectivity index (χ4n) is 1.20. The number of carbonyl (C=O) groups is 1. The van der Waals surface area contributed by atoms with Gasteiger partial charge in [0.15, 0.2) is 0 Å². The van der Waals surface area contributed by atoms with Crippen LogP contribution in [0.5, 0.6) is 0 Å². The zero-order valence-corrected chi connectivity index (χ0v) is 11.8. The maximum absolute atomic E-state index is 12.0. The third-order valence-corrected chi connectivity index (χ3v) is 4.36. The topological polar surface area (TPSA) is 64.7 Å². The van der Waals surface area contributed by atoms with Crippen LogP contribution in [0.25, 0.3) is 0 Å². The summed E-state index contributed by atoms with van der Waals surface area (Å²) in [6.45, 7) is 9.46. The van der Waals surface area contributed by atoms with Gasteiger partial charge in [-0.25, -0.2) is 9.59 Å². The predicted molar refractivity (Wildman–Crippen MR) is 64.9 cm³/mol. The van der Waals surface area contributed by atoms with E-state index in [9.17, 15) is 9.59 Å². The molecule has 0 atom stereocenters. The van der Waals surface area contributed by atoms with E-state index in [0.29, 0.717) is 25.2 Å². The highest BCUT2D eigenvalue weighted by Crippen LogP contribution is 2.13. The van der Waals surface area contributed by atoms with E-state index in [-0.39, 0.29) is 12.7 Å². The molecule has 0 aromatic rings. The van der Waals surface area contributed by atoms with Crippen molar-refractivity contribution in [3.8, 4) is 0 Å². The molecule has 0 aliphatic heterocycles. The lowest BCUT2D eigenvalue weighted by Crippen LogP contribution is -2.41. The van der Waals surface area contributed by atoms with E-state index in [2.05, 4.69) is 6.58 Å². The van der Waals surface area contributed by atoms with E-state index < -0.39 is 14.8 Å². The number of hydrogen-bond acceptors (Lipinski definition) is 4. The molecule has 0 aliphatic carbocycles. The van der Waals surface area contributed by atoms with E-state index in [1.807, 2.05) is 0 Å². The van der Waals surface area contributed by atoms with Crippen molar-refractivity contribution >= 4 is 14.8 Å². The van der Waals surface area contributed by atoms with E-state index in [1.54, 1.807) is 20.8 Å². The molecule has 0 aromatic carbocycles. The van der Waals surface area contributed by atoms with Crippen LogP contribution >= 0.6 is 0 Å². The van der Waals surface area contributed by atoms with Gasteiger partial charge in [0.05, 0.1) is 6.61 Å². The van der Waals surface area contributed by atoms with Crippen LogP contribution in [-0.4, -0.2) is 34.6 Å². The van der Waals surface area contributed by atoms with Crippen molar-refractivity contribution in [2.45, 2.75) is 33.2 Å². The smallest absolute Gasteiger partial charge is 0.462 e. The minimum Gasteiger partial charge on any atom is -0.462 e. The Balaban J connectivity index is 3.90. The highest BCUT2D eigenvalue weighted by molar-refractivity contribution is 6.58. The quantitative estimate of drug-likeness (QED) is 0.275. The summed E-state index contributed by atoms with van der Waals surface area (Å²) in [5.74, 6) is -0.434. The summed E-state index contributed by atoms with van der Waals surface area (Å²) >= 11 is 0. The summed E-state index contributed by atoms with van der Waals surface area (Å²) in [4.78, 5) is 23.1. The molecule has 0 saturated heterocycles. The van der Waals surface area contributed by atoms with Crippen LogP contribution in [0.4, 0.5) is 0 Å². The molecule has 99 valence electrons. The molecule has 0 N–H and O–H groups in total. The lowest BCUT2D eigenvalue weighted by atomic mass is 10.4. The van der Waals surface area contributed by atoms with E-state index in [1.165, 1.54) is 0 Å². The molecule has 6 heteroatoms. The molecule has 0 unspecified atom stereocenters. The van der Waals surface area contributed by atoms with Crippen molar-refractivity contribution < 1.29 is 23.2 Å². The van der Waals surface area contributed by atoms with Crippen LogP contribution in [0.3, 0.4) is 0 Å². The molecule has 1 radical (unpaired) electrons. The molecule has 0 fully saturated rings. The second-order valence-electron chi connectivity index (χ2n) is 3.57. The van der Waals surface area contributed by atoms with E-state index >= 15 is 0 Å². The molecular formula is C11H21O5Si. The van der Waals surface area contributed by atoms with Gasteiger partial charge in [-0.2, -0.15) is 0 Å². The molecule has 0 bridgehead atoms. The van der Waals surface area contributed by atoms with E-state index in [4.69, 9.17) is 13.6 Å². The summed E-state index contributed by atoms with van der Waals surface area (Å²) in [6, 6.07) is 0.276. The van der Waals surface area contributed by atoms with Crippen LogP contribution in [0.2, 0.25) is 6.04 Å². The SMILES string of the molecule is C=C(C)C(=O)OCCC[Si]([O])(OCC)OCC. The lowest BCUT2D eigenvalue weighted by Gasteiger charge is -2.20. The zero-order valence-electron chi connectivity index (χ0n) is 10.8. The predicted octanol–water partition coefficient (Wildman–Crippen LogP) is 1.94. The van der Waals surface area contributed by atoms with Gasteiger partial charge in [0.2, 0.25) is 0 Å². The van der Waals surface area contributed by atoms with Gasteiger partial charge in [0.25, 0.3) is 0 Å². The summed E-state index contributed by atoms with van der Waals surface area (Å²) in [5, 5.41) is 0. The molecule has 0 rings (SSSR count). The number of esters is 1. The van der Waals surface area contributed by atoms with Gasteiger partial charge < -0.3 is 13.6 Å². The lowest BCUT2D eigenvalue weighted by molar-refractivity contribution is -0.139. The van der Waals surface area contributed by atoms with Crippen molar-refractivity contribution in [2.24, 2.45) is 0 Å². The first-order valence-corrected chi connectivity index (χ1v) is 7.69. The first kappa shape index (κ1) is 16.3. The van der Waals surface area contributed by atoms with Crippen LogP contribution < -0.4 is 0 Å². The third kappa shape index (κ3) is 7.27. The Morgan fingerprint density at radius 3 is 2.18 bits per heavy atom. The van der Waals surface area contributed by atoms with Gasteiger partial charge in [-0.05, 0) is 27.2 Å². The van der Waals surface area contributed by atoms with Crippen molar-refractivity contribution in [1.29, 1.82) is 0 Å². The number of ether oxygens (including phenoxy) is 1. The van der Waals surface area contributed by atoms with Gasteiger partial charge in [-0.3, -0.25) is 0 Å². The highest BCUT2D eigenvalue weighted by atomic mass is 28.4. The van der Waals surface area contributed by atoms with Gasteiger partial charge in [-0.1, -0.05) is 6.58 Å². The summed E-state index contributed by atoms with van der Waals surface area (Å²) < 4.78 is 15.1. The molecule has 0 aromatic heterocycles. The molecule has 0 amide bonds. The normalized spacial score (nSPS) is 11.3. The molecule has 0 spiro atoms. The fourth-order valence-corrected chi connectivity index (χ4v) is 3.03. The largest absolute Gasteiger partial charge is 0.528 e. The van der Waals surface area contributed by atoms with Crippen molar-refractivity contribution in [2.75, 3.05) is 19.8 Å². The monoisotopic (exact) mass is 261 g/mol. The molecule has 17 heavy (non-hydrogen) atoms. The number of carbonyl (C=O) groups excluding carboxylic acids is 1. The Labute approximate surface area is 104 Å². The third-order valence-electron chi connectivity index (χ3n) is 1.94. The molecule has 0 saturated carbocycles. The molecule has 5 nitrogen and oxygen atoms in total. The molecule has 0 aliphatic rings. The van der Waals surface area contributed by atoms with Crippen molar-refractivity contribution in [3.63, 3.8) is 0 Å². The Morgan fingerprint density at radius 1 is 1.24 bits per heavy atom. The summed E-state index contributed by atoms with van der Waals surface area (Å²) in [5.41, 5.74) is 0.352. The van der Waals surface area contributed by atoms with Crippen LogP contribution in [0.15, 0.2) is 12.2 Å². The Hall–Kier alpha value is -0.693. The van der Waals surface area contributed by atoms with Crippen LogP contribution in [-0.2, 0) is 23.2 Å². The average Bonchev–Trinajstić information content (AvgIpc) is 2.24. The second-order valence-corrected chi connectivity index (χ2v) is 6.01. The first-order chi connectivity index (χ1) is 7.95. The average molecular weight is 261 g/mol. The minimum absolute atomic E-state index is 0.197. The standard InChI is InChI=1S/C11H21O5Si/c1-5-15-17(13,16-6-2)9-7-8-14-11(12)10(3)4/h3,5-9H2,1-2,4H3. The Bertz CT molecular complexity index is 248. The van der Waals surface area contributed by atoms with Crippen LogP contribution in [0, 0.1) is 0 Å². The van der Waals surface area contributed by atoms with Crippen molar-refractivity contribution in [3.05, 3.63) is 12.2 Å². The maximum atomic E-state index is 12.0. The molecule has 0 heterocycles. The summed E-state index contributed by atoms with van der Waals surface area (Å²) in [6.07, 6.45) is 0.453. The first-order valence-electron chi connectivity index (χ1n) is 5.76. The second kappa shape index (κ2) is 8.41. The van der Waals surface area contributed by atoms with Gasteiger partial charge in [0.1, 0.15) is 0 Å². The highest BCUT2D eigenvalue weighted by Gasteiger charge is 2.38. The van der Waals surface area contributed by atoms with Gasteiger partial charge in [-0.15, -0.1) is 0 Å². The van der Waals surface area contributed by atoms with Gasteiger partial charge >= 0.3 is 14.8 Å². The Morgan fingerprint density at radius 2 is 1.76 bits per heavy atom. The minimum atomic E-state index is -3.31. The number of hydrogen-bond donors (Lipinski definition) is 0. The fraction of sp³-hybridized carbons (Fsp3) is 0.727. The zero-order chi connectivity index (χ0) is 13.3. The maximum Gasteiger partial charge on any atom is 0.528 e. The van der Waals surface area contributed by atoms with E-state index in [0.717, 1.165) is 0 Å². The van der Waals surface area contributed by atoms with Crippen molar-refractivity contribution in [1.82, 2.24) is 0 Å². The number of rotatable bonds is 9. The van der Waals surface area contributed by atoms with Gasteiger partial charge in [0, 0.05) is 24.8 Å². The van der Waals surface area contributed by atoms with Crippen LogP contribution in [0.1, 0.15) is 27.2 Å². The Kier molecular flexibility index (Phi) is 8.06.